The van der Waals surface area contributed by atoms with E-state index in [2.05, 4.69) is 22.2 Å². The maximum Gasteiger partial charge on any atom is 0.288 e. The number of nitro benzene ring substituents is 1. The fourth-order valence-electron chi connectivity index (χ4n) is 3.34. The van der Waals surface area contributed by atoms with Crippen molar-refractivity contribution in [1.82, 2.24) is 20.0 Å². The molecule has 0 fully saturated rings. The van der Waals surface area contributed by atoms with Crippen molar-refractivity contribution in [3.05, 3.63) is 73.8 Å². The first-order valence-electron chi connectivity index (χ1n) is 11.0. The van der Waals surface area contributed by atoms with E-state index < -0.39 is 10.5 Å². The summed E-state index contributed by atoms with van der Waals surface area (Å²) in [6.45, 7) is 2.89. The van der Waals surface area contributed by atoms with Crippen LogP contribution in [-0.4, -0.2) is 31.5 Å². The lowest BCUT2D eigenvalue weighted by atomic mass is 10.2. The zero-order chi connectivity index (χ0) is 24.8. The van der Waals surface area contributed by atoms with Crippen LogP contribution in [0.5, 0.6) is 5.75 Å². The number of rotatable bonds is 11. The molecular weight excluding hydrogens is 510 g/mol. The van der Waals surface area contributed by atoms with E-state index in [9.17, 15) is 14.9 Å². The molecular formula is C23H22ClN5O4S2. The van der Waals surface area contributed by atoms with Crippen molar-refractivity contribution < 1.29 is 9.66 Å². The van der Waals surface area contributed by atoms with Gasteiger partial charge in [-0.2, -0.15) is 4.98 Å². The van der Waals surface area contributed by atoms with Crippen LogP contribution in [0.15, 0.2) is 51.7 Å². The molecule has 2 aromatic carbocycles. The maximum absolute atomic E-state index is 12.4. The monoisotopic (exact) mass is 531 g/mol. The number of unbranched alkanes of at least 4 members (excludes halogenated alkanes) is 3. The molecule has 0 radical (unpaired) electrons. The van der Waals surface area contributed by atoms with Gasteiger partial charge in [-0.25, -0.2) is 4.68 Å². The molecule has 2 heterocycles. The van der Waals surface area contributed by atoms with Crippen LogP contribution >= 0.6 is 34.7 Å². The van der Waals surface area contributed by atoms with E-state index in [0.29, 0.717) is 22.4 Å². The van der Waals surface area contributed by atoms with E-state index in [0.717, 1.165) is 29.2 Å². The molecule has 4 rings (SSSR count). The minimum atomic E-state index is -0.553. The number of halogens is 1. The molecule has 0 amide bonds. The molecule has 4 aromatic rings. The predicted molar refractivity (Wildman–Crippen MR) is 138 cm³/mol. The van der Waals surface area contributed by atoms with Crippen molar-refractivity contribution in [2.45, 2.75) is 42.7 Å². The minimum Gasteiger partial charge on any atom is -0.494 e. The summed E-state index contributed by atoms with van der Waals surface area (Å²) < 4.78 is 8.09. The van der Waals surface area contributed by atoms with Crippen molar-refractivity contribution >= 4 is 50.5 Å². The number of nitrogens with zero attached hydrogens (tertiary/aromatic N) is 5. The van der Waals surface area contributed by atoms with Crippen LogP contribution in [0.4, 0.5) is 5.69 Å². The number of aromatic nitrogens is 4. The van der Waals surface area contributed by atoms with Crippen molar-refractivity contribution in [3.8, 4) is 11.4 Å². The molecule has 0 saturated heterocycles. The summed E-state index contributed by atoms with van der Waals surface area (Å²) in [4.78, 5) is 27.3. The predicted octanol–water partition coefficient (Wildman–Crippen LogP) is 6.05. The summed E-state index contributed by atoms with van der Waals surface area (Å²) in [6.07, 6.45) is 6.43. The molecule has 0 unspecified atom stereocenters. The molecule has 2 aromatic heterocycles. The average molecular weight is 532 g/mol. The van der Waals surface area contributed by atoms with E-state index in [1.807, 2.05) is 24.3 Å². The van der Waals surface area contributed by atoms with Crippen LogP contribution in [0, 0.1) is 10.1 Å². The van der Waals surface area contributed by atoms with Gasteiger partial charge in [0.2, 0.25) is 0 Å². The topological polar surface area (TPSA) is 113 Å². The second-order valence-corrected chi connectivity index (χ2v) is 10.3. The first-order chi connectivity index (χ1) is 16.9. The van der Waals surface area contributed by atoms with Crippen LogP contribution in [0.2, 0.25) is 5.02 Å². The molecule has 12 heteroatoms. The highest BCUT2D eigenvalue weighted by Gasteiger charge is 2.18. The molecule has 0 aliphatic heterocycles. The van der Waals surface area contributed by atoms with Gasteiger partial charge in [0.1, 0.15) is 10.4 Å². The lowest BCUT2D eigenvalue weighted by molar-refractivity contribution is -0.382. The molecule has 0 atom stereocenters. The van der Waals surface area contributed by atoms with E-state index in [4.69, 9.17) is 16.3 Å². The van der Waals surface area contributed by atoms with Crippen LogP contribution < -0.4 is 10.3 Å². The Hall–Kier alpha value is -3.02. The van der Waals surface area contributed by atoms with Gasteiger partial charge in [-0.1, -0.05) is 54.8 Å². The quantitative estimate of drug-likeness (QED) is 0.0994. The van der Waals surface area contributed by atoms with Crippen molar-refractivity contribution in [2.75, 3.05) is 6.61 Å². The van der Waals surface area contributed by atoms with E-state index in [-0.39, 0.29) is 20.8 Å². The smallest absolute Gasteiger partial charge is 0.288 e. The third-order valence-electron chi connectivity index (χ3n) is 5.10. The Labute approximate surface area is 214 Å². The SMILES string of the molecule is CCCCCCOc1ccc(-n2cc(CSc3nc(=O)c4cc(Cl)cc([N+](=O)[O-])c4s3)nn2)cc1. The highest BCUT2D eigenvalue weighted by atomic mass is 35.5. The van der Waals surface area contributed by atoms with Crippen LogP contribution in [-0.2, 0) is 5.75 Å². The molecule has 0 saturated carbocycles. The Morgan fingerprint density at radius 3 is 2.74 bits per heavy atom. The van der Waals surface area contributed by atoms with Crippen LogP contribution in [0.25, 0.3) is 15.8 Å². The number of fused-ring (bicyclic) bond motifs is 1. The highest BCUT2D eigenvalue weighted by Crippen LogP contribution is 2.35. The standard InChI is InChI=1S/C23H22ClN5O4S2/c1-2-3-4-5-10-33-18-8-6-17(7-9-18)28-13-16(26-27-28)14-34-23-25-22(30)19-11-15(24)12-20(29(31)32)21(19)35-23/h6-9,11-13H,2-5,10,14H2,1H3. The third kappa shape index (κ3) is 6.36. The number of thioether (sulfide) groups is 1. The van der Waals surface area contributed by atoms with E-state index >= 15 is 0 Å². The lowest BCUT2D eigenvalue weighted by Crippen LogP contribution is -2.06. The van der Waals surface area contributed by atoms with Gasteiger partial charge in [-0.15, -0.1) is 16.4 Å². The first-order valence-corrected chi connectivity index (χ1v) is 13.2. The Kier molecular flexibility index (Phi) is 8.32. The number of nitro groups is 1. The van der Waals surface area contributed by atoms with Crippen molar-refractivity contribution in [2.24, 2.45) is 0 Å². The number of ether oxygens (including phenoxy) is 1. The van der Waals surface area contributed by atoms with Gasteiger partial charge in [0.15, 0.2) is 4.34 Å². The zero-order valence-corrected chi connectivity index (χ0v) is 21.2. The van der Waals surface area contributed by atoms with Gasteiger partial charge in [0, 0.05) is 16.8 Å². The molecule has 35 heavy (non-hydrogen) atoms. The van der Waals surface area contributed by atoms with Gasteiger partial charge in [0.25, 0.3) is 11.2 Å². The van der Waals surface area contributed by atoms with Gasteiger partial charge in [-0.3, -0.25) is 14.9 Å². The van der Waals surface area contributed by atoms with Gasteiger partial charge < -0.3 is 4.74 Å². The summed E-state index contributed by atoms with van der Waals surface area (Å²) >= 11 is 8.28. The zero-order valence-electron chi connectivity index (χ0n) is 18.8. The average Bonchev–Trinajstić information content (AvgIpc) is 3.32. The lowest BCUT2D eigenvalue weighted by Gasteiger charge is -2.07. The van der Waals surface area contributed by atoms with Crippen molar-refractivity contribution in [1.29, 1.82) is 0 Å². The Morgan fingerprint density at radius 1 is 1.20 bits per heavy atom. The normalized spacial score (nSPS) is 11.1. The summed E-state index contributed by atoms with van der Waals surface area (Å²) in [7, 11) is 0. The number of benzene rings is 2. The summed E-state index contributed by atoms with van der Waals surface area (Å²) in [6, 6.07) is 10.3. The first kappa shape index (κ1) is 25.1. The Balaban J connectivity index is 1.41. The largest absolute Gasteiger partial charge is 0.494 e. The third-order valence-corrected chi connectivity index (χ3v) is 7.59. The fourth-order valence-corrected chi connectivity index (χ4v) is 5.56. The summed E-state index contributed by atoms with van der Waals surface area (Å²) in [5, 5.41) is 20.0. The molecule has 0 aliphatic carbocycles. The van der Waals surface area contributed by atoms with Gasteiger partial charge in [-0.05, 0) is 36.8 Å². The Bertz CT molecular complexity index is 1390. The second-order valence-electron chi connectivity index (χ2n) is 7.69. The van der Waals surface area contributed by atoms with Gasteiger partial charge in [0.05, 0.1) is 34.5 Å². The second kappa shape index (κ2) is 11.6. The number of non-ortho nitro benzene ring substituents is 1. The maximum atomic E-state index is 12.4. The van der Waals surface area contributed by atoms with Gasteiger partial charge >= 0.3 is 0 Å². The van der Waals surface area contributed by atoms with Crippen LogP contribution in [0.3, 0.4) is 0 Å². The van der Waals surface area contributed by atoms with Crippen molar-refractivity contribution in [3.63, 3.8) is 0 Å². The molecule has 182 valence electrons. The fraction of sp³-hybridized carbons (Fsp3) is 0.304. The summed E-state index contributed by atoms with van der Waals surface area (Å²) in [5.74, 6) is 1.21. The summed E-state index contributed by atoms with van der Waals surface area (Å²) in [5.41, 5.74) is 0.757. The highest BCUT2D eigenvalue weighted by molar-refractivity contribution is 8.00. The molecule has 0 aliphatic rings. The minimum absolute atomic E-state index is 0.124. The number of hydrogen-bond donors (Lipinski definition) is 0. The molecule has 0 spiro atoms. The Morgan fingerprint density at radius 2 is 2.00 bits per heavy atom. The van der Waals surface area contributed by atoms with E-state index in [1.165, 1.54) is 43.2 Å². The number of hydrogen-bond acceptors (Lipinski definition) is 9. The molecule has 0 bridgehead atoms. The van der Waals surface area contributed by atoms with E-state index in [1.54, 1.807) is 10.9 Å². The van der Waals surface area contributed by atoms with Crippen LogP contribution in [0.1, 0.15) is 38.3 Å². The molecule has 0 N–H and O–H groups in total. The molecule has 9 nitrogen and oxygen atoms in total.